The molecule has 0 amide bonds. The molecule has 4 aliphatic heterocycles. The quantitative estimate of drug-likeness (QED) is 0.194. The fourth-order valence-electron chi connectivity index (χ4n) is 8.58. The zero-order valence-corrected chi connectivity index (χ0v) is 18.4. The molecule has 0 aromatic heterocycles. The van der Waals surface area contributed by atoms with E-state index in [9.17, 15) is 0 Å². The van der Waals surface area contributed by atoms with Gasteiger partial charge in [0.1, 0.15) is 11.2 Å². The van der Waals surface area contributed by atoms with Gasteiger partial charge in [0.15, 0.2) is 0 Å². The molecule has 2 spiro atoms. The molecule has 5 aliphatic rings. The van der Waals surface area contributed by atoms with Crippen LogP contribution in [0.15, 0.2) is 97.1 Å². The molecular formula is C32H20O2. The van der Waals surface area contributed by atoms with Crippen molar-refractivity contribution in [1.82, 2.24) is 0 Å². The van der Waals surface area contributed by atoms with Gasteiger partial charge in [-0.15, -0.1) is 0 Å². The standard InChI is InChI=1S/C32H20O2/c1-2-8-19-17(5-1)11-12-21-20(19)13-14-22-28(21)32-24-10-4-7-18-6-3-9-23(26(18)24)31-16-15-25(33-31)27(30(31)32)29(22)34-32/h1-16,25,27,29-30H/t25-,27+,29+,30-,31-,32-/m0/s1. The minimum Gasteiger partial charge on any atom is -0.358 e. The van der Waals surface area contributed by atoms with Crippen LogP contribution in [-0.2, 0) is 20.7 Å². The first-order chi connectivity index (χ1) is 16.8. The average molecular weight is 437 g/mol. The molecule has 10 rings (SSSR count). The van der Waals surface area contributed by atoms with Crippen LogP contribution >= 0.6 is 0 Å². The van der Waals surface area contributed by atoms with Crippen molar-refractivity contribution < 1.29 is 9.47 Å². The monoisotopic (exact) mass is 436 g/mol. The number of hydrogen-bond donors (Lipinski definition) is 0. The summed E-state index contributed by atoms with van der Waals surface area (Å²) in [6.07, 6.45) is 4.84. The molecule has 1 aliphatic carbocycles. The molecule has 5 aromatic rings. The molecule has 0 unspecified atom stereocenters. The lowest BCUT2D eigenvalue weighted by atomic mass is 9.54. The van der Waals surface area contributed by atoms with E-state index in [1.165, 1.54) is 54.6 Å². The summed E-state index contributed by atoms with van der Waals surface area (Å²) in [5.74, 6) is 0.601. The maximum absolute atomic E-state index is 7.29. The predicted molar refractivity (Wildman–Crippen MR) is 133 cm³/mol. The van der Waals surface area contributed by atoms with Crippen molar-refractivity contribution in [2.24, 2.45) is 11.8 Å². The third kappa shape index (κ3) is 1.51. The minimum absolute atomic E-state index is 0.0669. The summed E-state index contributed by atoms with van der Waals surface area (Å²) in [6.45, 7) is 0. The summed E-state index contributed by atoms with van der Waals surface area (Å²) in [5.41, 5.74) is 4.50. The first-order valence-corrected chi connectivity index (χ1v) is 12.3. The molecule has 4 heterocycles. The van der Waals surface area contributed by atoms with E-state index in [0.717, 1.165) is 0 Å². The maximum Gasteiger partial charge on any atom is 0.127 e. The molecule has 0 N–H and O–H groups in total. The van der Waals surface area contributed by atoms with Gasteiger partial charge in [0.05, 0.1) is 12.2 Å². The van der Waals surface area contributed by atoms with Crippen molar-refractivity contribution >= 4 is 32.3 Å². The van der Waals surface area contributed by atoms with E-state index in [4.69, 9.17) is 9.47 Å². The molecule has 4 bridgehead atoms. The van der Waals surface area contributed by atoms with Gasteiger partial charge in [-0.1, -0.05) is 91.0 Å². The van der Waals surface area contributed by atoms with Crippen LogP contribution in [-0.4, -0.2) is 6.10 Å². The van der Waals surface area contributed by atoms with Crippen molar-refractivity contribution in [3.05, 3.63) is 119 Å². The Morgan fingerprint density at radius 2 is 1.47 bits per heavy atom. The fraction of sp³-hybridized carbons (Fsp3) is 0.188. The van der Waals surface area contributed by atoms with Crippen molar-refractivity contribution in [2.45, 2.75) is 23.4 Å². The molecule has 2 nitrogen and oxygen atoms in total. The Hall–Kier alpha value is -3.46. The van der Waals surface area contributed by atoms with Crippen molar-refractivity contribution in [1.29, 1.82) is 0 Å². The van der Waals surface area contributed by atoms with E-state index in [1.54, 1.807) is 0 Å². The van der Waals surface area contributed by atoms with Crippen LogP contribution < -0.4 is 0 Å². The first-order valence-electron chi connectivity index (χ1n) is 12.3. The van der Waals surface area contributed by atoms with Crippen LogP contribution in [0.25, 0.3) is 32.3 Å². The van der Waals surface area contributed by atoms with E-state index in [2.05, 4.69) is 97.1 Å². The van der Waals surface area contributed by atoms with Gasteiger partial charge in [0.2, 0.25) is 0 Å². The Bertz CT molecular complexity index is 1810. The van der Waals surface area contributed by atoms with Gasteiger partial charge in [0, 0.05) is 17.4 Å². The van der Waals surface area contributed by atoms with Crippen LogP contribution in [0.2, 0.25) is 0 Å². The first kappa shape index (κ1) is 17.0. The van der Waals surface area contributed by atoms with Gasteiger partial charge < -0.3 is 9.47 Å². The smallest absolute Gasteiger partial charge is 0.127 e. The minimum atomic E-state index is -0.486. The largest absolute Gasteiger partial charge is 0.358 e. The summed E-state index contributed by atoms with van der Waals surface area (Å²) in [5, 5.41) is 7.83. The summed E-state index contributed by atoms with van der Waals surface area (Å²) in [6, 6.07) is 31.5. The molecule has 0 saturated carbocycles. The highest BCUT2D eigenvalue weighted by atomic mass is 16.6. The van der Waals surface area contributed by atoms with Gasteiger partial charge in [-0.3, -0.25) is 0 Å². The Kier molecular flexibility index (Phi) is 2.57. The topological polar surface area (TPSA) is 18.5 Å². The summed E-state index contributed by atoms with van der Waals surface area (Å²) in [7, 11) is 0. The number of hydrogen-bond acceptors (Lipinski definition) is 2. The molecule has 5 aromatic carbocycles. The number of rotatable bonds is 0. The van der Waals surface area contributed by atoms with E-state index in [-0.39, 0.29) is 18.1 Å². The molecular weight excluding hydrogens is 416 g/mol. The number of benzene rings is 5. The van der Waals surface area contributed by atoms with Crippen molar-refractivity contribution in [2.75, 3.05) is 0 Å². The molecule has 2 heteroatoms. The molecule has 6 atom stereocenters. The fourth-order valence-corrected chi connectivity index (χ4v) is 8.58. The second-order valence-electron chi connectivity index (χ2n) is 10.7. The van der Waals surface area contributed by atoms with Crippen LogP contribution in [0.5, 0.6) is 0 Å². The summed E-state index contributed by atoms with van der Waals surface area (Å²) < 4.78 is 14.2. The zero-order valence-electron chi connectivity index (χ0n) is 18.4. The third-order valence-corrected chi connectivity index (χ3v) is 9.55. The van der Waals surface area contributed by atoms with E-state index < -0.39 is 11.2 Å². The van der Waals surface area contributed by atoms with E-state index >= 15 is 0 Å². The molecule has 0 radical (unpaired) electrons. The molecule has 34 heavy (non-hydrogen) atoms. The third-order valence-electron chi connectivity index (χ3n) is 9.55. The molecule has 2 fully saturated rings. The van der Waals surface area contributed by atoms with E-state index in [1.807, 2.05) is 0 Å². The van der Waals surface area contributed by atoms with Gasteiger partial charge in [-0.25, -0.2) is 0 Å². The Morgan fingerprint density at radius 3 is 2.41 bits per heavy atom. The second-order valence-corrected chi connectivity index (χ2v) is 10.7. The van der Waals surface area contributed by atoms with Crippen LogP contribution in [0.1, 0.15) is 28.4 Å². The van der Waals surface area contributed by atoms with Crippen molar-refractivity contribution in [3.63, 3.8) is 0 Å². The normalized spacial score (nSPS) is 34.9. The Balaban J connectivity index is 1.44. The Labute approximate surface area is 196 Å². The van der Waals surface area contributed by atoms with Crippen LogP contribution in [0.4, 0.5) is 0 Å². The lowest BCUT2D eigenvalue weighted by Crippen LogP contribution is -2.49. The highest BCUT2D eigenvalue weighted by Gasteiger charge is 2.77. The van der Waals surface area contributed by atoms with Gasteiger partial charge >= 0.3 is 0 Å². The number of ether oxygens (including phenoxy) is 2. The molecule has 160 valence electrons. The lowest BCUT2D eigenvalue weighted by molar-refractivity contribution is -0.0918. The predicted octanol–water partition coefficient (Wildman–Crippen LogP) is 6.88. The average Bonchev–Trinajstić information content (AvgIpc) is 3.64. The summed E-state index contributed by atoms with van der Waals surface area (Å²) in [4.78, 5) is 0. The highest BCUT2D eigenvalue weighted by Crippen LogP contribution is 2.77. The Morgan fingerprint density at radius 1 is 0.647 bits per heavy atom. The molecule has 2 saturated heterocycles. The van der Waals surface area contributed by atoms with Gasteiger partial charge in [0.25, 0.3) is 0 Å². The van der Waals surface area contributed by atoms with Gasteiger partial charge in [-0.05, 0) is 55.1 Å². The van der Waals surface area contributed by atoms with Crippen LogP contribution in [0, 0.1) is 11.8 Å². The SMILES string of the molecule is C1=C[C@]23O[C@@H]1[C@@H]1[C@@H]4O[C@](c5c4ccc4c5ccc5ccccc54)(c4cccc5cccc2c45)[C@@H]13. The highest BCUT2D eigenvalue weighted by molar-refractivity contribution is 6.10. The van der Waals surface area contributed by atoms with Crippen LogP contribution in [0.3, 0.4) is 0 Å². The van der Waals surface area contributed by atoms with Crippen molar-refractivity contribution in [3.8, 4) is 0 Å². The number of fused-ring (bicyclic) bond motifs is 10. The zero-order chi connectivity index (χ0) is 21.8. The second kappa shape index (κ2) is 5.12. The summed E-state index contributed by atoms with van der Waals surface area (Å²) >= 11 is 0. The van der Waals surface area contributed by atoms with E-state index in [0.29, 0.717) is 5.92 Å². The maximum atomic E-state index is 7.29. The van der Waals surface area contributed by atoms with Gasteiger partial charge in [-0.2, -0.15) is 0 Å². The lowest BCUT2D eigenvalue weighted by Gasteiger charge is -2.48.